The van der Waals surface area contributed by atoms with Gasteiger partial charge in [0.05, 0.1) is 0 Å². The van der Waals surface area contributed by atoms with E-state index in [4.69, 9.17) is 4.52 Å². The zero-order valence-corrected chi connectivity index (χ0v) is 16.5. The third-order valence-electron chi connectivity index (χ3n) is 4.82. The molecular weight excluding hydrogens is 416 g/mol. The largest absolute Gasteiger partial charge is 0.355 e. The highest BCUT2D eigenvalue weighted by atomic mass is 32.2. The molecular formula is C20H17F2N3O4S. The molecule has 1 fully saturated rings. The molecule has 2 heterocycles. The summed E-state index contributed by atoms with van der Waals surface area (Å²) in [5.74, 6) is -1.81. The number of rotatable bonds is 4. The highest BCUT2D eigenvalue weighted by Gasteiger charge is 2.33. The molecule has 1 aliphatic heterocycles. The van der Waals surface area contributed by atoms with Gasteiger partial charge < -0.3 is 9.42 Å². The van der Waals surface area contributed by atoms with Gasteiger partial charge in [0.25, 0.3) is 5.91 Å². The first-order chi connectivity index (χ1) is 14.4. The van der Waals surface area contributed by atoms with Crippen LogP contribution >= 0.6 is 0 Å². The van der Waals surface area contributed by atoms with Gasteiger partial charge in [-0.15, -0.1) is 0 Å². The second-order valence-electron chi connectivity index (χ2n) is 6.71. The number of sulfonamides is 1. The van der Waals surface area contributed by atoms with Crippen LogP contribution in [0.25, 0.3) is 11.3 Å². The molecule has 2 aromatic carbocycles. The van der Waals surface area contributed by atoms with Gasteiger partial charge in [-0.3, -0.25) is 4.79 Å². The van der Waals surface area contributed by atoms with Crippen LogP contribution in [0.4, 0.5) is 8.78 Å². The van der Waals surface area contributed by atoms with Gasteiger partial charge in [0.2, 0.25) is 10.0 Å². The zero-order valence-electron chi connectivity index (χ0n) is 15.7. The molecule has 1 amide bonds. The normalized spacial score (nSPS) is 15.3. The van der Waals surface area contributed by atoms with Crippen molar-refractivity contribution in [3.63, 3.8) is 0 Å². The molecule has 0 bridgehead atoms. The molecule has 1 aromatic heterocycles. The standard InChI is InChI=1S/C20H17F2N3O4S/c21-15-6-7-16(22)19(12-15)30(27,28)25-10-8-24(9-11-25)20(26)17-13-18(29-23-17)14-4-2-1-3-5-14/h1-7,12-13H,8-11H2. The Balaban J connectivity index is 1.45. The molecule has 0 atom stereocenters. The molecule has 7 nitrogen and oxygen atoms in total. The van der Waals surface area contributed by atoms with Crippen LogP contribution in [0.2, 0.25) is 0 Å². The molecule has 0 N–H and O–H groups in total. The minimum atomic E-state index is -4.21. The number of piperazine rings is 1. The fourth-order valence-electron chi connectivity index (χ4n) is 3.22. The summed E-state index contributed by atoms with van der Waals surface area (Å²) in [6.45, 7) is 0.0753. The van der Waals surface area contributed by atoms with Gasteiger partial charge in [0.1, 0.15) is 16.5 Å². The molecule has 3 aromatic rings. The number of nitrogens with zero attached hydrogens (tertiary/aromatic N) is 3. The predicted molar refractivity (Wildman–Crippen MR) is 103 cm³/mol. The number of halogens is 2. The first kappa shape index (κ1) is 20.2. The lowest BCUT2D eigenvalue weighted by molar-refractivity contribution is 0.0687. The minimum Gasteiger partial charge on any atom is -0.355 e. The zero-order chi connectivity index (χ0) is 21.3. The van der Waals surface area contributed by atoms with Crippen LogP contribution in [0.5, 0.6) is 0 Å². The van der Waals surface area contributed by atoms with Crippen molar-refractivity contribution in [2.45, 2.75) is 4.90 Å². The van der Waals surface area contributed by atoms with E-state index in [9.17, 15) is 22.0 Å². The molecule has 0 unspecified atom stereocenters. The van der Waals surface area contributed by atoms with Crippen molar-refractivity contribution in [2.24, 2.45) is 0 Å². The van der Waals surface area contributed by atoms with Crippen LogP contribution in [0.15, 0.2) is 64.0 Å². The van der Waals surface area contributed by atoms with Gasteiger partial charge in [-0.25, -0.2) is 17.2 Å². The van der Waals surface area contributed by atoms with Gasteiger partial charge in [0.15, 0.2) is 11.5 Å². The number of benzene rings is 2. The summed E-state index contributed by atoms with van der Waals surface area (Å²) in [7, 11) is -4.21. The third kappa shape index (κ3) is 3.83. The van der Waals surface area contributed by atoms with E-state index in [0.29, 0.717) is 11.8 Å². The summed E-state index contributed by atoms with van der Waals surface area (Å²) in [4.78, 5) is 13.4. The molecule has 4 rings (SSSR count). The Bertz CT molecular complexity index is 1170. The van der Waals surface area contributed by atoms with E-state index in [1.165, 1.54) is 11.0 Å². The van der Waals surface area contributed by atoms with E-state index >= 15 is 0 Å². The summed E-state index contributed by atoms with van der Waals surface area (Å²) < 4.78 is 58.9. The summed E-state index contributed by atoms with van der Waals surface area (Å²) in [6.07, 6.45) is 0. The Kier molecular flexibility index (Phi) is 5.35. The second-order valence-corrected chi connectivity index (χ2v) is 8.62. The Labute approximate surface area is 171 Å². The lowest BCUT2D eigenvalue weighted by atomic mass is 10.1. The fourth-order valence-corrected chi connectivity index (χ4v) is 4.72. The number of carbonyl (C=O) groups is 1. The Morgan fingerprint density at radius 2 is 1.67 bits per heavy atom. The third-order valence-corrected chi connectivity index (χ3v) is 6.74. The topological polar surface area (TPSA) is 83.7 Å². The number of hydrogen-bond donors (Lipinski definition) is 0. The maximum atomic E-state index is 13.9. The maximum Gasteiger partial charge on any atom is 0.276 e. The van der Waals surface area contributed by atoms with Gasteiger partial charge >= 0.3 is 0 Å². The first-order valence-corrected chi connectivity index (χ1v) is 10.6. The summed E-state index contributed by atoms with van der Waals surface area (Å²) in [5, 5.41) is 3.82. The molecule has 0 saturated carbocycles. The Morgan fingerprint density at radius 1 is 0.967 bits per heavy atom. The van der Waals surface area contributed by atoms with Crippen LogP contribution in [0.1, 0.15) is 10.5 Å². The van der Waals surface area contributed by atoms with E-state index in [0.717, 1.165) is 22.0 Å². The Morgan fingerprint density at radius 3 is 2.37 bits per heavy atom. The number of hydrogen-bond acceptors (Lipinski definition) is 5. The van der Waals surface area contributed by atoms with E-state index in [2.05, 4.69) is 5.16 Å². The average Bonchev–Trinajstić information content (AvgIpc) is 3.26. The monoisotopic (exact) mass is 433 g/mol. The van der Waals surface area contributed by atoms with Crippen molar-refractivity contribution in [1.82, 2.24) is 14.4 Å². The van der Waals surface area contributed by atoms with Gasteiger partial charge in [-0.2, -0.15) is 4.31 Å². The second kappa shape index (κ2) is 7.96. The van der Waals surface area contributed by atoms with Crippen LogP contribution in [0, 0.1) is 11.6 Å². The van der Waals surface area contributed by atoms with Crippen LogP contribution in [-0.4, -0.2) is 54.9 Å². The van der Waals surface area contributed by atoms with Crippen LogP contribution in [-0.2, 0) is 10.0 Å². The summed E-state index contributed by atoms with van der Waals surface area (Å²) in [5.41, 5.74) is 0.887. The minimum absolute atomic E-state index is 0.0482. The highest BCUT2D eigenvalue weighted by Crippen LogP contribution is 2.23. The number of amides is 1. The maximum absolute atomic E-state index is 13.9. The van der Waals surface area contributed by atoms with Crippen molar-refractivity contribution in [2.75, 3.05) is 26.2 Å². The molecule has 1 saturated heterocycles. The van der Waals surface area contributed by atoms with Crippen LogP contribution < -0.4 is 0 Å². The van der Waals surface area contributed by atoms with Crippen molar-refractivity contribution in [1.29, 1.82) is 0 Å². The van der Waals surface area contributed by atoms with Crippen molar-refractivity contribution in [3.8, 4) is 11.3 Å². The van der Waals surface area contributed by atoms with Crippen molar-refractivity contribution >= 4 is 15.9 Å². The lowest BCUT2D eigenvalue weighted by Gasteiger charge is -2.33. The van der Waals surface area contributed by atoms with E-state index in [1.54, 1.807) is 0 Å². The Hall–Kier alpha value is -3.11. The molecule has 1 aliphatic rings. The van der Waals surface area contributed by atoms with Crippen LogP contribution in [0.3, 0.4) is 0 Å². The predicted octanol–water partition coefficient (Wildman–Crippen LogP) is 2.77. The van der Waals surface area contributed by atoms with Crippen molar-refractivity contribution in [3.05, 3.63) is 71.9 Å². The molecule has 0 radical (unpaired) electrons. The molecule has 30 heavy (non-hydrogen) atoms. The van der Waals surface area contributed by atoms with E-state index in [-0.39, 0.29) is 31.9 Å². The van der Waals surface area contributed by atoms with Gasteiger partial charge in [0, 0.05) is 37.8 Å². The summed E-state index contributed by atoms with van der Waals surface area (Å²) >= 11 is 0. The molecule has 0 spiro atoms. The van der Waals surface area contributed by atoms with E-state index in [1.807, 2.05) is 30.3 Å². The smallest absolute Gasteiger partial charge is 0.276 e. The number of carbonyl (C=O) groups excluding carboxylic acids is 1. The highest BCUT2D eigenvalue weighted by molar-refractivity contribution is 7.89. The fraction of sp³-hybridized carbons (Fsp3) is 0.200. The first-order valence-electron chi connectivity index (χ1n) is 9.13. The van der Waals surface area contributed by atoms with Gasteiger partial charge in [-0.05, 0) is 18.2 Å². The summed E-state index contributed by atoms with van der Waals surface area (Å²) in [6, 6.07) is 13.0. The quantitative estimate of drug-likeness (QED) is 0.632. The lowest BCUT2D eigenvalue weighted by Crippen LogP contribution is -2.50. The van der Waals surface area contributed by atoms with E-state index < -0.39 is 32.5 Å². The average molecular weight is 433 g/mol. The number of aromatic nitrogens is 1. The SMILES string of the molecule is O=C(c1cc(-c2ccccc2)on1)N1CCN(S(=O)(=O)c2cc(F)ccc2F)CC1. The van der Waals surface area contributed by atoms with Gasteiger partial charge in [-0.1, -0.05) is 35.5 Å². The molecule has 156 valence electrons. The molecule has 10 heteroatoms. The van der Waals surface area contributed by atoms with Crippen molar-refractivity contribution < 1.29 is 26.5 Å². The molecule has 0 aliphatic carbocycles.